The molecule has 0 aromatic rings. The first kappa shape index (κ1) is 13.2. The summed E-state index contributed by atoms with van der Waals surface area (Å²) in [5.74, 6) is -1.41. The van der Waals surface area contributed by atoms with Gasteiger partial charge in [0.15, 0.2) is 5.79 Å². The van der Waals surface area contributed by atoms with Crippen LogP contribution in [0.5, 0.6) is 0 Å². The maximum Gasteiger partial charge on any atom is 0.342 e. The fraction of sp³-hybridized carbons (Fsp3) is 0.692. The molecule has 0 radical (unpaired) electrons. The Labute approximate surface area is 106 Å². The molecule has 5 nitrogen and oxygen atoms in total. The third-order valence-electron chi connectivity index (χ3n) is 3.70. The lowest BCUT2D eigenvalue weighted by atomic mass is 9.72. The van der Waals surface area contributed by atoms with Crippen LogP contribution in [-0.2, 0) is 23.8 Å². The first-order chi connectivity index (χ1) is 8.31. The first-order valence-electron chi connectivity index (χ1n) is 5.94. The topological polar surface area (TPSA) is 61.8 Å². The lowest BCUT2D eigenvalue weighted by molar-refractivity contribution is -0.185. The van der Waals surface area contributed by atoms with E-state index in [1.165, 1.54) is 0 Å². The number of aldehydes is 1. The number of ether oxygens (including phenoxy) is 3. The maximum absolute atomic E-state index is 12.2. The molecule has 2 fully saturated rings. The van der Waals surface area contributed by atoms with Crippen molar-refractivity contribution in [1.29, 1.82) is 0 Å². The van der Waals surface area contributed by atoms with E-state index in [4.69, 9.17) is 14.2 Å². The molecular formula is C13H18O5. The van der Waals surface area contributed by atoms with Crippen molar-refractivity contribution in [1.82, 2.24) is 0 Å². The van der Waals surface area contributed by atoms with Gasteiger partial charge in [0, 0.05) is 6.42 Å². The van der Waals surface area contributed by atoms with Gasteiger partial charge in [-0.25, -0.2) is 4.79 Å². The van der Waals surface area contributed by atoms with E-state index >= 15 is 0 Å². The van der Waals surface area contributed by atoms with Crippen molar-refractivity contribution in [3.63, 3.8) is 0 Å². The average molecular weight is 254 g/mol. The molecule has 100 valence electrons. The summed E-state index contributed by atoms with van der Waals surface area (Å²) < 4.78 is 16.7. The van der Waals surface area contributed by atoms with E-state index in [1.807, 2.05) is 6.92 Å². The second-order valence-corrected chi connectivity index (χ2v) is 5.44. The monoisotopic (exact) mass is 254 g/mol. The second kappa shape index (κ2) is 3.90. The minimum absolute atomic E-state index is 0.0853. The molecule has 0 N–H and O–H groups in total. The van der Waals surface area contributed by atoms with Crippen molar-refractivity contribution in [3.05, 3.63) is 12.7 Å². The Hall–Kier alpha value is -1.20. The largest absolute Gasteiger partial charge is 0.462 e. The molecule has 2 aliphatic rings. The molecule has 0 aromatic heterocycles. The van der Waals surface area contributed by atoms with E-state index in [1.54, 1.807) is 19.9 Å². The minimum atomic E-state index is -1.28. The number of esters is 1. The molecule has 3 atom stereocenters. The van der Waals surface area contributed by atoms with Crippen LogP contribution in [0.1, 0.15) is 27.2 Å². The van der Waals surface area contributed by atoms with Gasteiger partial charge in [0.2, 0.25) is 5.60 Å². The zero-order valence-corrected chi connectivity index (χ0v) is 10.9. The fourth-order valence-corrected chi connectivity index (χ4v) is 2.74. The van der Waals surface area contributed by atoms with Crippen molar-refractivity contribution < 1.29 is 23.8 Å². The summed E-state index contributed by atoms with van der Waals surface area (Å²) in [6.45, 7) is 9.20. The summed E-state index contributed by atoms with van der Waals surface area (Å²) >= 11 is 0. The first-order valence-corrected chi connectivity index (χ1v) is 5.94. The molecule has 5 heteroatoms. The molecule has 0 unspecified atom stereocenters. The number of rotatable bonds is 3. The van der Waals surface area contributed by atoms with Crippen molar-refractivity contribution in [2.24, 2.45) is 5.41 Å². The fourth-order valence-electron chi connectivity index (χ4n) is 2.74. The van der Waals surface area contributed by atoms with Gasteiger partial charge in [-0.1, -0.05) is 6.08 Å². The molecule has 0 amide bonds. The number of hydrogen-bond donors (Lipinski definition) is 0. The SMILES string of the molecule is C=C[C@]1(C)COC(=O)[C@@]12OC(C)(C)O[C@@H]2CC=O. The standard InChI is InChI=1S/C13H18O5/c1-5-12(4)8-16-10(15)13(12)9(6-7-14)17-11(2,3)18-13/h5,7,9H,1,6,8H2,2-4H3/t9-,12-,13-/m1/s1. The number of carbonyl (C=O) groups excluding carboxylic acids is 2. The van der Waals surface area contributed by atoms with Gasteiger partial charge in [-0.3, -0.25) is 0 Å². The van der Waals surface area contributed by atoms with Crippen LogP contribution in [0.3, 0.4) is 0 Å². The highest BCUT2D eigenvalue weighted by Gasteiger charge is 2.70. The summed E-state index contributed by atoms with van der Waals surface area (Å²) in [6.07, 6.45) is 1.80. The number of carbonyl (C=O) groups is 2. The number of cyclic esters (lactones) is 1. The van der Waals surface area contributed by atoms with Crippen molar-refractivity contribution in [3.8, 4) is 0 Å². The molecule has 0 aliphatic carbocycles. The highest BCUT2D eigenvalue weighted by molar-refractivity contribution is 5.85. The Balaban J connectivity index is 2.51. The summed E-state index contributed by atoms with van der Waals surface area (Å²) in [5, 5.41) is 0. The Morgan fingerprint density at radius 3 is 2.67 bits per heavy atom. The molecule has 2 rings (SSSR count). The van der Waals surface area contributed by atoms with Crippen molar-refractivity contribution >= 4 is 12.3 Å². The summed E-state index contributed by atoms with van der Waals surface area (Å²) in [6, 6.07) is 0. The summed E-state index contributed by atoms with van der Waals surface area (Å²) in [4.78, 5) is 23.0. The van der Waals surface area contributed by atoms with Gasteiger partial charge in [-0.05, 0) is 20.8 Å². The number of hydrogen-bond acceptors (Lipinski definition) is 5. The third kappa shape index (κ3) is 1.54. The molecule has 18 heavy (non-hydrogen) atoms. The lowest BCUT2D eigenvalue weighted by Gasteiger charge is -2.35. The quantitative estimate of drug-likeness (QED) is 0.430. The van der Waals surface area contributed by atoms with E-state index in [-0.39, 0.29) is 13.0 Å². The van der Waals surface area contributed by atoms with E-state index in [2.05, 4.69) is 6.58 Å². The molecule has 0 saturated carbocycles. The van der Waals surface area contributed by atoms with Gasteiger partial charge >= 0.3 is 5.97 Å². The van der Waals surface area contributed by atoms with Crippen LogP contribution in [0.25, 0.3) is 0 Å². The average Bonchev–Trinajstić information content (AvgIpc) is 2.71. The summed E-state index contributed by atoms with van der Waals surface area (Å²) in [7, 11) is 0. The van der Waals surface area contributed by atoms with Gasteiger partial charge in [-0.2, -0.15) is 0 Å². The van der Waals surface area contributed by atoms with E-state index in [0.29, 0.717) is 0 Å². The van der Waals surface area contributed by atoms with E-state index < -0.39 is 28.9 Å². The molecule has 0 bridgehead atoms. The highest BCUT2D eigenvalue weighted by Crippen LogP contribution is 2.53. The molecule has 2 saturated heterocycles. The molecular weight excluding hydrogens is 236 g/mol. The Morgan fingerprint density at radius 1 is 1.44 bits per heavy atom. The Morgan fingerprint density at radius 2 is 2.11 bits per heavy atom. The van der Waals surface area contributed by atoms with Crippen LogP contribution in [0.4, 0.5) is 0 Å². The highest BCUT2D eigenvalue weighted by atomic mass is 16.8. The van der Waals surface area contributed by atoms with Crippen LogP contribution in [0.15, 0.2) is 12.7 Å². The van der Waals surface area contributed by atoms with Gasteiger partial charge in [0.05, 0.1) is 5.41 Å². The third-order valence-corrected chi connectivity index (χ3v) is 3.70. The Kier molecular flexibility index (Phi) is 2.87. The molecule has 0 aromatic carbocycles. The normalized spacial score (nSPS) is 41.9. The van der Waals surface area contributed by atoms with Gasteiger partial charge < -0.3 is 19.0 Å². The van der Waals surface area contributed by atoms with Gasteiger partial charge in [-0.15, -0.1) is 6.58 Å². The van der Waals surface area contributed by atoms with Crippen molar-refractivity contribution in [2.75, 3.05) is 6.61 Å². The summed E-state index contributed by atoms with van der Waals surface area (Å²) in [5.41, 5.74) is -1.98. The van der Waals surface area contributed by atoms with Gasteiger partial charge in [0.1, 0.15) is 19.0 Å². The maximum atomic E-state index is 12.2. The van der Waals surface area contributed by atoms with Crippen LogP contribution < -0.4 is 0 Å². The van der Waals surface area contributed by atoms with Crippen LogP contribution in [-0.4, -0.2) is 36.4 Å². The zero-order valence-electron chi connectivity index (χ0n) is 10.9. The van der Waals surface area contributed by atoms with Crippen LogP contribution >= 0.6 is 0 Å². The molecule has 2 aliphatic heterocycles. The smallest absolute Gasteiger partial charge is 0.342 e. The second-order valence-electron chi connectivity index (χ2n) is 5.44. The van der Waals surface area contributed by atoms with Gasteiger partial charge in [0.25, 0.3) is 0 Å². The molecule has 2 heterocycles. The predicted molar refractivity (Wildman–Crippen MR) is 62.7 cm³/mol. The van der Waals surface area contributed by atoms with E-state index in [9.17, 15) is 9.59 Å². The Bertz CT molecular complexity index is 402. The van der Waals surface area contributed by atoms with Crippen molar-refractivity contribution in [2.45, 2.75) is 44.7 Å². The predicted octanol–water partition coefficient (Wildman–Crippen LogP) is 1.21. The zero-order chi connectivity index (χ0) is 13.6. The van der Waals surface area contributed by atoms with Crippen LogP contribution in [0, 0.1) is 5.41 Å². The minimum Gasteiger partial charge on any atom is -0.462 e. The lowest BCUT2D eigenvalue weighted by Crippen LogP contribution is -2.55. The van der Waals surface area contributed by atoms with Crippen LogP contribution in [0.2, 0.25) is 0 Å². The van der Waals surface area contributed by atoms with E-state index in [0.717, 1.165) is 6.29 Å². The molecule has 1 spiro atoms.